The van der Waals surface area contributed by atoms with Gasteiger partial charge in [0.05, 0.1) is 12.8 Å². The van der Waals surface area contributed by atoms with Gasteiger partial charge in [0.15, 0.2) is 0 Å². The molecule has 2 atom stereocenters. The van der Waals surface area contributed by atoms with Crippen LogP contribution < -0.4 is 15.8 Å². The minimum Gasteiger partial charge on any atom is -0.495 e. The molecule has 0 aliphatic heterocycles. The number of amides is 1. The molecule has 5 heteroatoms. The first-order chi connectivity index (χ1) is 9.13. The summed E-state index contributed by atoms with van der Waals surface area (Å²) in [4.78, 5) is 12.1. The van der Waals surface area contributed by atoms with Crippen molar-refractivity contribution in [2.24, 2.45) is 5.92 Å². The standard InChI is InChI=1S/C14H20N2O3/c1-19-13-7-10(3-5-12(13)15)14(18)16-11-4-2-9(6-11)8-17/h3,5,7,9,11,17H,2,4,6,8,15H2,1H3,(H,16,18)/t9-,11-/m1/s1. The number of benzene rings is 1. The van der Waals surface area contributed by atoms with Crippen LogP contribution in [0.4, 0.5) is 5.69 Å². The third-order valence-corrected chi connectivity index (χ3v) is 3.63. The summed E-state index contributed by atoms with van der Waals surface area (Å²) in [6.07, 6.45) is 2.73. The maximum atomic E-state index is 12.1. The van der Waals surface area contributed by atoms with Gasteiger partial charge in [0.2, 0.25) is 0 Å². The highest BCUT2D eigenvalue weighted by atomic mass is 16.5. The SMILES string of the molecule is COc1cc(C(=O)N[C@@H]2CC[C@@H](CO)C2)ccc1N. The van der Waals surface area contributed by atoms with Crippen molar-refractivity contribution in [1.82, 2.24) is 5.32 Å². The number of nitrogens with one attached hydrogen (secondary N) is 1. The van der Waals surface area contributed by atoms with Crippen LogP contribution in [0.15, 0.2) is 18.2 Å². The Labute approximate surface area is 112 Å². The van der Waals surface area contributed by atoms with E-state index < -0.39 is 0 Å². The number of rotatable bonds is 4. The highest BCUT2D eigenvalue weighted by Crippen LogP contribution is 2.26. The van der Waals surface area contributed by atoms with Gasteiger partial charge in [0, 0.05) is 18.2 Å². The number of methoxy groups -OCH3 is 1. The average Bonchev–Trinajstić information content (AvgIpc) is 2.86. The Balaban J connectivity index is 2.00. The number of ether oxygens (including phenoxy) is 1. The number of nitrogens with two attached hydrogens (primary N) is 1. The molecule has 1 saturated carbocycles. The van der Waals surface area contributed by atoms with Crippen LogP contribution in [0.25, 0.3) is 0 Å². The maximum Gasteiger partial charge on any atom is 0.251 e. The molecule has 1 aliphatic carbocycles. The van der Waals surface area contributed by atoms with Crippen LogP contribution in [-0.4, -0.2) is 30.8 Å². The van der Waals surface area contributed by atoms with Crippen LogP contribution in [0.3, 0.4) is 0 Å². The Morgan fingerprint density at radius 3 is 2.95 bits per heavy atom. The van der Waals surface area contributed by atoms with Crippen molar-refractivity contribution in [1.29, 1.82) is 0 Å². The van der Waals surface area contributed by atoms with Gasteiger partial charge in [-0.05, 0) is 43.4 Å². The smallest absolute Gasteiger partial charge is 0.251 e. The number of hydrogen-bond donors (Lipinski definition) is 3. The number of hydrogen-bond acceptors (Lipinski definition) is 4. The summed E-state index contributed by atoms with van der Waals surface area (Å²) in [5.74, 6) is 0.695. The van der Waals surface area contributed by atoms with E-state index in [-0.39, 0.29) is 18.6 Å². The first-order valence-electron chi connectivity index (χ1n) is 6.49. The highest BCUT2D eigenvalue weighted by Gasteiger charge is 2.25. The fourth-order valence-corrected chi connectivity index (χ4v) is 2.49. The number of anilines is 1. The Morgan fingerprint density at radius 1 is 1.53 bits per heavy atom. The predicted octanol–water partition coefficient (Wildman–Crippen LogP) is 1.17. The van der Waals surface area contributed by atoms with Gasteiger partial charge in [-0.3, -0.25) is 4.79 Å². The van der Waals surface area contributed by atoms with E-state index >= 15 is 0 Å². The predicted molar refractivity (Wildman–Crippen MR) is 73.1 cm³/mol. The molecular formula is C14H20N2O3. The molecule has 0 bridgehead atoms. The lowest BCUT2D eigenvalue weighted by molar-refractivity contribution is 0.0935. The van der Waals surface area contributed by atoms with Crippen LogP contribution in [-0.2, 0) is 0 Å². The molecule has 0 heterocycles. The molecule has 0 unspecified atom stereocenters. The summed E-state index contributed by atoms with van der Waals surface area (Å²) in [6, 6.07) is 5.14. The third-order valence-electron chi connectivity index (χ3n) is 3.63. The number of carbonyl (C=O) groups excluding carboxylic acids is 1. The first kappa shape index (κ1) is 13.7. The maximum absolute atomic E-state index is 12.1. The fourth-order valence-electron chi connectivity index (χ4n) is 2.49. The van der Waals surface area contributed by atoms with Gasteiger partial charge >= 0.3 is 0 Å². The van der Waals surface area contributed by atoms with E-state index in [1.54, 1.807) is 18.2 Å². The molecule has 0 spiro atoms. The van der Waals surface area contributed by atoms with Crippen molar-refractivity contribution in [3.63, 3.8) is 0 Å². The topological polar surface area (TPSA) is 84.6 Å². The van der Waals surface area contributed by atoms with Gasteiger partial charge in [-0.2, -0.15) is 0 Å². The zero-order valence-corrected chi connectivity index (χ0v) is 11.1. The van der Waals surface area contributed by atoms with Crippen LogP contribution >= 0.6 is 0 Å². The third kappa shape index (κ3) is 3.17. The molecule has 104 valence electrons. The van der Waals surface area contributed by atoms with Gasteiger partial charge in [-0.1, -0.05) is 0 Å². The molecule has 1 aromatic rings. The summed E-state index contributed by atoms with van der Waals surface area (Å²) in [5.41, 5.74) is 6.77. The monoisotopic (exact) mass is 264 g/mol. The molecule has 0 radical (unpaired) electrons. The van der Waals surface area contributed by atoms with Crippen molar-refractivity contribution in [2.75, 3.05) is 19.5 Å². The Kier molecular flexibility index (Phi) is 4.27. The van der Waals surface area contributed by atoms with Crippen molar-refractivity contribution < 1.29 is 14.6 Å². The minimum absolute atomic E-state index is 0.123. The molecule has 1 amide bonds. The van der Waals surface area contributed by atoms with E-state index in [2.05, 4.69) is 5.32 Å². The Hall–Kier alpha value is -1.75. The lowest BCUT2D eigenvalue weighted by Gasteiger charge is -2.13. The van der Waals surface area contributed by atoms with Crippen LogP contribution in [0.1, 0.15) is 29.6 Å². The van der Waals surface area contributed by atoms with Crippen molar-refractivity contribution in [3.8, 4) is 5.75 Å². The molecule has 1 fully saturated rings. The average molecular weight is 264 g/mol. The van der Waals surface area contributed by atoms with E-state index in [0.717, 1.165) is 19.3 Å². The Bertz CT molecular complexity index is 462. The van der Waals surface area contributed by atoms with Gasteiger partial charge in [-0.25, -0.2) is 0 Å². The molecule has 5 nitrogen and oxygen atoms in total. The van der Waals surface area contributed by atoms with E-state index in [0.29, 0.717) is 22.9 Å². The van der Waals surface area contributed by atoms with E-state index in [1.807, 2.05) is 0 Å². The summed E-state index contributed by atoms with van der Waals surface area (Å²) in [7, 11) is 1.52. The normalized spacial score (nSPS) is 22.2. The molecule has 1 aliphatic rings. The van der Waals surface area contributed by atoms with Crippen molar-refractivity contribution in [2.45, 2.75) is 25.3 Å². The van der Waals surface area contributed by atoms with Gasteiger partial charge in [0.1, 0.15) is 5.75 Å². The second kappa shape index (κ2) is 5.93. The van der Waals surface area contributed by atoms with E-state index in [9.17, 15) is 4.79 Å². The van der Waals surface area contributed by atoms with Crippen LogP contribution in [0, 0.1) is 5.92 Å². The van der Waals surface area contributed by atoms with Crippen LogP contribution in [0.2, 0.25) is 0 Å². The summed E-state index contributed by atoms with van der Waals surface area (Å²) >= 11 is 0. The fraction of sp³-hybridized carbons (Fsp3) is 0.500. The lowest BCUT2D eigenvalue weighted by Crippen LogP contribution is -2.33. The molecule has 19 heavy (non-hydrogen) atoms. The summed E-state index contributed by atoms with van der Waals surface area (Å²) < 4.78 is 5.10. The first-order valence-corrected chi connectivity index (χ1v) is 6.49. The van der Waals surface area contributed by atoms with Gasteiger partial charge in [0.25, 0.3) is 5.91 Å². The number of aliphatic hydroxyl groups is 1. The number of aliphatic hydroxyl groups excluding tert-OH is 1. The molecule has 0 saturated heterocycles. The number of nitrogen functional groups attached to an aromatic ring is 1. The zero-order valence-electron chi connectivity index (χ0n) is 11.1. The highest BCUT2D eigenvalue weighted by molar-refractivity contribution is 5.95. The summed E-state index contributed by atoms with van der Waals surface area (Å²) in [5, 5.41) is 12.1. The minimum atomic E-state index is -0.123. The zero-order chi connectivity index (χ0) is 13.8. The van der Waals surface area contributed by atoms with Crippen molar-refractivity contribution in [3.05, 3.63) is 23.8 Å². The van der Waals surface area contributed by atoms with Crippen molar-refractivity contribution >= 4 is 11.6 Å². The van der Waals surface area contributed by atoms with E-state index in [1.165, 1.54) is 7.11 Å². The molecule has 2 rings (SSSR count). The quantitative estimate of drug-likeness (QED) is 0.713. The lowest BCUT2D eigenvalue weighted by atomic mass is 10.1. The second-order valence-electron chi connectivity index (χ2n) is 4.99. The molecular weight excluding hydrogens is 244 g/mol. The molecule has 4 N–H and O–H groups in total. The van der Waals surface area contributed by atoms with E-state index in [4.69, 9.17) is 15.6 Å². The largest absolute Gasteiger partial charge is 0.495 e. The summed E-state index contributed by atoms with van der Waals surface area (Å²) in [6.45, 7) is 0.196. The molecule has 0 aromatic heterocycles. The second-order valence-corrected chi connectivity index (χ2v) is 4.99. The number of carbonyl (C=O) groups is 1. The van der Waals surface area contributed by atoms with Gasteiger partial charge < -0.3 is 20.9 Å². The van der Waals surface area contributed by atoms with Crippen LogP contribution in [0.5, 0.6) is 5.75 Å². The molecule has 1 aromatic carbocycles. The Morgan fingerprint density at radius 2 is 2.32 bits per heavy atom. The van der Waals surface area contributed by atoms with Gasteiger partial charge in [-0.15, -0.1) is 0 Å².